The monoisotopic (exact) mass is 318 g/mol. The number of carbonyl (C=O) groups is 1. The second-order valence-electron chi connectivity index (χ2n) is 4.16. The topological polar surface area (TPSA) is 46.5 Å². The standard InChI is InChI=1S/C14H7F5O3/c15-10-6-9(13(20)21)11(16)5-8(10)7-3-1-2-4-12(7)22-14(17,18)19/h1-6H,(H,20,21). The summed E-state index contributed by atoms with van der Waals surface area (Å²) in [5.41, 5.74) is -1.81. The van der Waals surface area contributed by atoms with E-state index in [1.807, 2.05) is 0 Å². The fraction of sp³-hybridized carbons (Fsp3) is 0.0714. The van der Waals surface area contributed by atoms with Crippen molar-refractivity contribution in [2.45, 2.75) is 6.36 Å². The number of para-hydroxylation sites is 1. The molecule has 0 radical (unpaired) electrons. The van der Waals surface area contributed by atoms with Gasteiger partial charge >= 0.3 is 12.3 Å². The smallest absolute Gasteiger partial charge is 0.478 e. The molecular weight excluding hydrogens is 311 g/mol. The molecule has 0 unspecified atom stereocenters. The maximum absolute atomic E-state index is 13.9. The Morgan fingerprint density at radius 3 is 2.23 bits per heavy atom. The van der Waals surface area contributed by atoms with Gasteiger partial charge in [0.15, 0.2) is 0 Å². The fourth-order valence-electron chi connectivity index (χ4n) is 1.82. The highest BCUT2D eigenvalue weighted by molar-refractivity contribution is 5.89. The van der Waals surface area contributed by atoms with Crippen LogP contribution in [-0.4, -0.2) is 17.4 Å². The number of hydrogen-bond acceptors (Lipinski definition) is 2. The van der Waals surface area contributed by atoms with Crippen LogP contribution < -0.4 is 4.74 Å². The van der Waals surface area contributed by atoms with Gasteiger partial charge in [-0.15, -0.1) is 13.2 Å². The van der Waals surface area contributed by atoms with Crippen LogP contribution in [0.25, 0.3) is 11.1 Å². The first-order chi connectivity index (χ1) is 10.2. The lowest BCUT2D eigenvalue weighted by atomic mass is 10.0. The Labute approximate surface area is 120 Å². The van der Waals surface area contributed by atoms with E-state index in [0.29, 0.717) is 12.1 Å². The van der Waals surface area contributed by atoms with E-state index >= 15 is 0 Å². The highest BCUT2D eigenvalue weighted by Crippen LogP contribution is 2.35. The molecule has 0 fully saturated rings. The molecule has 3 nitrogen and oxygen atoms in total. The summed E-state index contributed by atoms with van der Waals surface area (Å²) in [7, 11) is 0. The van der Waals surface area contributed by atoms with Crippen molar-refractivity contribution in [1.29, 1.82) is 0 Å². The van der Waals surface area contributed by atoms with Gasteiger partial charge in [0.25, 0.3) is 0 Å². The van der Waals surface area contributed by atoms with Crippen LogP contribution in [0.1, 0.15) is 10.4 Å². The van der Waals surface area contributed by atoms with E-state index in [0.717, 1.165) is 12.1 Å². The van der Waals surface area contributed by atoms with Crippen LogP contribution in [0.15, 0.2) is 36.4 Å². The van der Waals surface area contributed by atoms with Gasteiger partial charge in [0.05, 0.1) is 5.56 Å². The van der Waals surface area contributed by atoms with Gasteiger partial charge in [-0.25, -0.2) is 13.6 Å². The Kier molecular flexibility index (Phi) is 4.03. The van der Waals surface area contributed by atoms with Gasteiger partial charge in [0, 0.05) is 11.1 Å². The first-order valence-corrected chi connectivity index (χ1v) is 5.76. The van der Waals surface area contributed by atoms with Crippen LogP contribution >= 0.6 is 0 Å². The normalized spacial score (nSPS) is 11.3. The number of hydrogen-bond donors (Lipinski definition) is 1. The van der Waals surface area contributed by atoms with E-state index < -0.39 is 40.8 Å². The summed E-state index contributed by atoms with van der Waals surface area (Å²) in [5, 5.41) is 8.68. The lowest BCUT2D eigenvalue weighted by molar-refractivity contribution is -0.274. The van der Waals surface area contributed by atoms with Gasteiger partial charge in [-0.05, 0) is 18.2 Å². The zero-order chi connectivity index (χ0) is 16.5. The molecule has 22 heavy (non-hydrogen) atoms. The van der Waals surface area contributed by atoms with Crippen molar-refractivity contribution < 1.29 is 36.6 Å². The molecule has 0 bridgehead atoms. The minimum Gasteiger partial charge on any atom is -0.478 e. The van der Waals surface area contributed by atoms with Gasteiger partial charge in [-0.2, -0.15) is 0 Å². The summed E-state index contributed by atoms with van der Waals surface area (Å²) in [5.74, 6) is -4.87. The summed E-state index contributed by atoms with van der Waals surface area (Å²) in [4.78, 5) is 10.7. The molecule has 0 atom stereocenters. The van der Waals surface area contributed by atoms with Crippen molar-refractivity contribution in [2.75, 3.05) is 0 Å². The third kappa shape index (κ3) is 3.33. The summed E-state index contributed by atoms with van der Waals surface area (Å²) in [6, 6.07) is 5.48. The van der Waals surface area contributed by atoms with E-state index in [9.17, 15) is 26.7 Å². The Morgan fingerprint density at radius 2 is 1.64 bits per heavy atom. The van der Waals surface area contributed by atoms with Gasteiger partial charge in [0.1, 0.15) is 17.4 Å². The minimum atomic E-state index is -5.01. The minimum absolute atomic E-state index is 0.354. The molecule has 0 saturated carbocycles. The number of ether oxygens (including phenoxy) is 1. The van der Waals surface area contributed by atoms with Crippen LogP contribution in [0.3, 0.4) is 0 Å². The summed E-state index contributed by atoms with van der Waals surface area (Å²) in [6.45, 7) is 0. The zero-order valence-electron chi connectivity index (χ0n) is 10.6. The molecule has 0 heterocycles. The van der Waals surface area contributed by atoms with Crippen LogP contribution in [-0.2, 0) is 0 Å². The Balaban J connectivity index is 2.58. The predicted octanol–water partition coefficient (Wildman–Crippen LogP) is 4.23. The molecule has 0 aliphatic rings. The van der Waals surface area contributed by atoms with Crippen molar-refractivity contribution in [3.63, 3.8) is 0 Å². The van der Waals surface area contributed by atoms with Crippen molar-refractivity contribution in [1.82, 2.24) is 0 Å². The highest BCUT2D eigenvalue weighted by atomic mass is 19.4. The Bertz CT molecular complexity index is 725. The molecule has 0 spiro atoms. The van der Waals surface area contributed by atoms with Gasteiger partial charge in [-0.1, -0.05) is 18.2 Å². The van der Waals surface area contributed by atoms with Crippen molar-refractivity contribution in [3.05, 3.63) is 53.6 Å². The molecule has 0 saturated heterocycles. The second-order valence-corrected chi connectivity index (χ2v) is 4.16. The second kappa shape index (κ2) is 5.63. The summed E-state index contributed by atoms with van der Waals surface area (Å²) < 4.78 is 68.3. The largest absolute Gasteiger partial charge is 0.573 e. The zero-order valence-corrected chi connectivity index (χ0v) is 10.6. The third-order valence-electron chi connectivity index (χ3n) is 2.69. The quantitative estimate of drug-likeness (QED) is 0.862. The third-order valence-corrected chi connectivity index (χ3v) is 2.69. The first kappa shape index (κ1) is 15.7. The number of carboxylic acids is 1. The first-order valence-electron chi connectivity index (χ1n) is 5.76. The van der Waals surface area contributed by atoms with Gasteiger partial charge < -0.3 is 9.84 Å². The van der Waals surface area contributed by atoms with Crippen LogP contribution in [0.4, 0.5) is 22.0 Å². The SMILES string of the molecule is O=C(O)c1cc(F)c(-c2ccccc2OC(F)(F)F)cc1F. The number of aromatic carboxylic acids is 1. The van der Waals surface area contributed by atoms with Crippen molar-refractivity contribution in [2.24, 2.45) is 0 Å². The number of benzene rings is 2. The van der Waals surface area contributed by atoms with Crippen LogP contribution in [0.2, 0.25) is 0 Å². The average molecular weight is 318 g/mol. The maximum Gasteiger partial charge on any atom is 0.573 e. The molecule has 8 heteroatoms. The molecule has 0 aromatic heterocycles. The van der Waals surface area contributed by atoms with Crippen LogP contribution in [0.5, 0.6) is 5.75 Å². The van der Waals surface area contributed by atoms with Crippen molar-refractivity contribution >= 4 is 5.97 Å². The molecule has 2 rings (SSSR count). The number of alkyl halides is 3. The lowest BCUT2D eigenvalue weighted by Gasteiger charge is -2.14. The van der Waals surface area contributed by atoms with Crippen LogP contribution in [0, 0.1) is 11.6 Å². The van der Waals surface area contributed by atoms with E-state index in [1.54, 1.807) is 0 Å². The Morgan fingerprint density at radius 1 is 1.00 bits per heavy atom. The maximum atomic E-state index is 13.9. The summed E-state index contributed by atoms with van der Waals surface area (Å²) in [6.07, 6.45) is -5.01. The Hall–Kier alpha value is -2.64. The van der Waals surface area contributed by atoms with E-state index in [-0.39, 0.29) is 5.56 Å². The average Bonchev–Trinajstić information content (AvgIpc) is 2.39. The molecule has 0 aliphatic carbocycles. The lowest BCUT2D eigenvalue weighted by Crippen LogP contribution is -2.17. The molecule has 0 amide bonds. The molecule has 2 aromatic rings. The summed E-state index contributed by atoms with van der Waals surface area (Å²) >= 11 is 0. The molecule has 1 N–H and O–H groups in total. The van der Waals surface area contributed by atoms with E-state index in [1.165, 1.54) is 12.1 Å². The molecule has 0 aliphatic heterocycles. The number of carboxylic acid groups (broad SMARTS) is 1. The number of halogens is 5. The number of rotatable bonds is 3. The van der Waals surface area contributed by atoms with E-state index in [2.05, 4.69) is 4.74 Å². The van der Waals surface area contributed by atoms with E-state index in [4.69, 9.17) is 5.11 Å². The molecular formula is C14H7F5O3. The fourth-order valence-corrected chi connectivity index (χ4v) is 1.82. The highest BCUT2D eigenvalue weighted by Gasteiger charge is 2.32. The molecule has 2 aromatic carbocycles. The van der Waals surface area contributed by atoms with Gasteiger partial charge in [0.2, 0.25) is 0 Å². The van der Waals surface area contributed by atoms with Crippen molar-refractivity contribution in [3.8, 4) is 16.9 Å². The molecule has 116 valence electrons. The van der Waals surface area contributed by atoms with Gasteiger partial charge in [-0.3, -0.25) is 0 Å². The predicted molar refractivity (Wildman–Crippen MR) is 65.4 cm³/mol.